The first-order valence-electron chi connectivity index (χ1n) is 10.7. The molecule has 5 rings (SSSR count). The smallest absolute Gasteiger partial charge is 0.357 e. The predicted octanol–water partition coefficient (Wildman–Crippen LogP) is 3.85. The van der Waals surface area contributed by atoms with Crippen LogP contribution in [-0.4, -0.2) is 52.5 Å². The average Bonchev–Trinajstić information content (AvgIpc) is 3.34. The van der Waals surface area contributed by atoms with Crippen LogP contribution in [-0.2, 0) is 6.18 Å². The highest BCUT2D eigenvalue weighted by molar-refractivity contribution is 6.53. The molecule has 3 aromatic rings. The molecule has 4 heterocycles. The summed E-state index contributed by atoms with van der Waals surface area (Å²) in [6.45, 7) is 3.11. The molecule has 1 amide bonds. The lowest BCUT2D eigenvalue weighted by Gasteiger charge is -2.27. The SMILES string of the molecule is CNc1ncc2c(n1)N1CCN=C1C(c1cc(NC(=O)c3cc(C(F)(F)F)ccn3)ccc1C)=N2. The lowest BCUT2D eigenvalue weighted by Crippen LogP contribution is -2.37. The Morgan fingerprint density at radius 2 is 1.97 bits per heavy atom. The van der Waals surface area contributed by atoms with Gasteiger partial charge in [0.2, 0.25) is 5.95 Å². The number of carbonyl (C=O) groups is 1. The van der Waals surface area contributed by atoms with Crippen molar-refractivity contribution < 1.29 is 18.0 Å². The normalized spacial score (nSPS) is 14.6. The minimum Gasteiger partial charge on any atom is -0.357 e. The number of hydrogen-bond acceptors (Lipinski definition) is 8. The predicted molar refractivity (Wildman–Crippen MR) is 126 cm³/mol. The molecule has 2 aliphatic heterocycles. The molecule has 0 spiro atoms. The number of nitrogens with zero attached hydrogens (tertiary/aromatic N) is 6. The number of amides is 1. The van der Waals surface area contributed by atoms with E-state index < -0.39 is 17.6 Å². The summed E-state index contributed by atoms with van der Waals surface area (Å²) < 4.78 is 39.0. The number of alkyl halides is 3. The number of aliphatic imine (C=N–C) groups is 2. The van der Waals surface area contributed by atoms with E-state index >= 15 is 0 Å². The van der Waals surface area contributed by atoms with E-state index in [4.69, 9.17) is 4.99 Å². The third-order valence-corrected chi connectivity index (χ3v) is 5.58. The second-order valence-corrected chi connectivity index (χ2v) is 7.88. The van der Waals surface area contributed by atoms with Crippen LogP contribution in [0.3, 0.4) is 0 Å². The van der Waals surface area contributed by atoms with Crippen LogP contribution in [0.1, 0.15) is 27.2 Å². The molecule has 0 radical (unpaired) electrons. The van der Waals surface area contributed by atoms with Gasteiger partial charge in [0.25, 0.3) is 5.91 Å². The van der Waals surface area contributed by atoms with Crippen molar-refractivity contribution in [1.29, 1.82) is 0 Å². The number of anilines is 3. The van der Waals surface area contributed by atoms with Crippen molar-refractivity contribution in [3.05, 3.63) is 65.1 Å². The summed E-state index contributed by atoms with van der Waals surface area (Å²) in [5, 5.41) is 5.54. The molecule has 1 aromatic carbocycles. The molecule has 9 nitrogen and oxygen atoms in total. The Kier molecular flexibility index (Phi) is 5.42. The van der Waals surface area contributed by atoms with Crippen molar-refractivity contribution in [3.8, 4) is 0 Å². The number of aromatic nitrogens is 3. The van der Waals surface area contributed by atoms with E-state index in [1.165, 1.54) is 0 Å². The van der Waals surface area contributed by atoms with Gasteiger partial charge in [-0.1, -0.05) is 6.07 Å². The monoisotopic (exact) mass is 480 g/mol. The van der Waals surface area contributed by atoms with Crippen molar-refractivity contribution in [3.63, 3.8) is 0 Å². The Bertz CT molecular complexity index is 1400. The first kappa shape index (κ1) is 22.4. The van der Waals surface area contributed by atoms with Crippen LogP contribution in [0.4, 0.5) is 36.3 Å². The number of amidine groups is 1. The van der Waals surface area contributed by atoms with Crippen LogP contribution in [0.15, 0.2) is 52.7 Å². The lowest BCUT2D eigenvalue weighted by molar-refractivity contribution is -0.137. The average molecular weight is 480 g/mol. The number of nitrogens with one attached hydrogen (secondary N) is 2. The van der Waals surface area contributed by atoms with Gasteiger partial charge in [0.15, 0.2) is 11.7 Å². The largest absolute Gasteiger partial charge is 0.416 e. The summed E-state index contributed by atoms with van der Waals surface area (Å²) in [4.78, 5) is 36.5. The standard InChI is InChI=1S/C23H19F3N8O/c1-12-3-4-14(31-21(35)16-9-13(5-6-28-16)23(24,25)26)10-15(12)18-20-29-7-8-34(20)19-17(32-18)11-30-22(27-2)33-19/h3-6,9-11H,7-8H2,1-2H3,(H,31,35)(H,27,30,33). The summed E-state index contributed by atoms with van der Waals surface area (Å²) in [5.41, 5.74) is 1.88. The highest BCUT2D eigenvalue weighted by atomic mass is 19.4. The maximum atomic E-state index is 13.0. The molecule has 0 unspecified atom stereocenters. The number of aryl methyl sites for hydroxylation is 1. The highest BCUT2D eigenvalue weighted by Crippen LogP contribution is 2.35. The van der Waals surface area contributed by atoms with Crippen molar-refractivity contribution in [2.75, 3.05) is 35.7 Å². The molecule has 12 heteroatoms. The van der Waals surface area contributed by atoms with Crippen molar-refractivity contribution in [2.45, 2.75) is 13.1 Å². The molecule has 0 atom stereocenters. The Hall–Kier alpha value is -4.35. The van der Waals surface area contributed by atoms with Gasteiger partial charge in [0.05, 0.1) is 18.3 Å². The van der Waals surface area contributed by atoms with Gasteiger partial charge in [0, 0.05) is 31.0 Å². The number of hydrogen-bond donors (Lipinski definition) is 2. The first-order chi connectivity index (χ1) is 16.7. The summed E-state index contributed by atoms with van der Waals surface area (Å²) in [6.07, 6.45) is -1.99. The zero-order chi connectivity index (χ0) is 24.7. The third kappa shape index (κ3) is 4.18. The molecule has 35 heavy (non-hydrogen) atoms. The molecule has 0 saturated carbocycles. The van der Waals surface area contributed by atoms with E-state index in [-0.39, 0.29) is 5.69 Å². The second kappa shape index (κ2) is 8.46. The van der Waals surface area contributed by atoms with Crippen LogP contribution in [0.5, 0.6) is 0 Å². The van der Waals surface area contributed by atoms with E-state index in [0.29, 0.717) is 53.3 Å². The molecule has 0 aliphatic carbocycles. The van der Waals surface area contributed by atoms with Gasteiger partial charge >= 0.3 is 6.18 Å². The maximum absolute atomic E-state index is 13.0. The van der Waals surface area contributed by atoms with Gasteiger partial charge in [-0.15, -0.1) is 0 Å². The Morgan fingerprint density at radius 3 is 2.74 bits per heavy atom. The lowest BCUT2D eigenvalue weighted by atomic mass is 10.0. The molecule has 0 bridgehead atoms. The van der Waals surface area contributed by atoms with Gasteiger partial charge in [-0.25, -0.2) is 9.98 Å². The van der Waals surface area contributed by atoms with E-state index in [2.05, 4.69) is 30.6 Å². The molecule has 0 saturated heterocycles. The van der Waals surface area contributed by atoms with E-state index in [9.17, 15) is 18.0 Å². The molecule has 178 valence electrons. The van der Waals surface area contributed by atoms with Gasteiger partial charge in [-0.2, -0.15) is 18.2 Å². The fraction of sp³-hybridized carbons (Fsp3) is 0.217. The number of rotatable bonds is 4. The van der Waals surface area contributed by atoms with Gasteiger partial charge < -0.3 is 15.5 Å². The Labute approximate surface area is 197 Å². The molecular weight excluding hydrogens is 461 g/mol. The first-order valence-corrected chi connectivity index (χ1v) is 10.7. The Morgan fingerprint density at radius 1 is 1.14 bits per heavy atom. The number of fused-ring (bicyclic) bond motifs is 3. The molecule has 2 aliphatic rings. The van der Waals surface area contributed by atoms with E-state index in [0.717, 1.165) is 23.9 Å². The van der Waals surface area contributed by atoms with Gasteiger partial charge in [0.1, 0.15) is 17.1 Å². The topological polar surface area (TPSA) is 108 Å². The van der Waals surface area contributed by atoms with E-state index in [1.807, 2.05) is 11.8 Å². The number of halogens is 3. The third-order valence-electron chi connectivity index (χ3n) is 5.58. The van der Waals surface area contributed by atoms with Gasteiger partial charge in [-0.3, -0.25) is 14.8 Å². The van der Waals surface area contributed by atoms with Crippen molar-refractivity contribution in [2.24, 2.45) is 9.98 Å². The van der Waals surface area contributed by atoms with Crippen molar-refractivity contribution in [1.82, 2.24) is 15.0 Å². The summed E-state index contributed by atoms with van der Waals surface area (Å²) in [7, 11) is 1.73. The molecule has 2 N–H and O–H groups in total. The number of pyridine rings is 1. The van der Waals surface area contributed by atoms with Crippen LogP contribution in [0.25, 0.3) is 0 Å². The molecule has 0 fully saturated rings. The molecule has 2 aromatic heterocycles. The summed E-state index contributed by atoms with van der Waals surface area (Å²) in [6, 6.07) is 6.71. The fourth-order valence-electron chi connectivity index (χ4n) is 3.85. The highest BCUT2D eigenvalue weighted by Gasteiger charge is 2.33. The fourth-order valence-corrected chi connectivity index (χ4v) is 3.85. The van der Waals surface area contributed by atoms with Crippen LogP contribution < -0.4 is 15.5 Å². The minimum atomic E-state index is -4.57. The number of benzene rings is 1. The zero-order valence-corrected chi connectivity index (χ0v) is 18.7. The Balaban J connectivity index is 1.49. The maximum Gasteiger partial charge on any atom is 0.416 e. The van der Waals surface area contributed by atoms with Crippen LogP contribution in [0.2, 0.25) is 0 Å². The second-order valence-electron chi connectivity index (χ2n) is 7.88. The van der Waals surface area contributed by atoms with Gasteiger partial charge in [-0.05, 0) is 36.8 Å². The summed E-state index contributed by atoms with van der Waals surface area (Å²) in [5.74, 6) is 1.03. The quantitative estimate of drug-likeness (QED) is 0.588. The van der Waals surface area contributed by atoms with Crippen LogP contribution in [0, 0.1) is 6.92 Å². The van der Waals surface area contributed by atoms with Crippen LogP contribution >= 0.6 is 0 Å². The van der Waals surface area contributed by atoms with Crippen molar-refractivity contribution >= 4 is 40.6 Å². The molecular formula is C23H19F3N8O. The summed E-state index contributed by atoms with van der Waals surface area (Å²) >= 11 is 0. The zero-order valence-electron chi connectivity index (χ0n) is 18.7. The van der Waals surface area contributed by atoms with E-state index in [1.54, 1.807) is 31.4 Å². The number of carbonyl (C=O) groups excluding carboxylic acids is 1. The minimum absolute atomic E-state index is 0.338.